The smallest absolute Gasteiger partial charge is 0.491 e. The number of esters is 1. The van der Waals surface area contributed by atoms with E-state index in [1.807, 2.05) is 66.7 Å². The maximum atomic E-state index is 12.4. The van der Waals surface area contributed by atoms with E-state index in [-0.39, 0.29) is 49.9 Å². The first-order chi connectivity index (χ1) is 22.6. The van der Waals surface area contributed by atoms with Crippen LogP contribution in [0.25, 0.3) is 11.1 Å². The van der Waals surface area contributed by atoms with Crippen LogP contribution >= 0.6 is 0 Å². The Bertz CT molecular complexity index is 1530. The minimum atomic E-state index is -1.08. The van der Waals surface area contributed by atoms with E-state index in [2.05, 4.69) is 10.1 Å². The molecule has 12 heteroatoms. The number of nitrogens with zero attached hydrogens (tertiary/aromatic N) is 1. The van der Waals surface area contributed by atoms with Crippen LogP contribution in [0.5, 0.6) is 5.75 Å². The van der Waals surface area contributed by atoms with Gasteiger partial charge in [-0.3, -0.25) is 20.3 Å². The summed E-state index contributed by atoms with van der Waals surface area (Å²) in [7, 11) is 0. The van der Waals surface area contributed by atoms with Crippen molar-refractivity contribution >= 4 is 30.0 Å². The molecule has 248 valence electrons. The molecule has 2 N–H and O–H groups in total. The molecule has 0 aromatic heterocycles. The van der Waals surface area contributed by atoms with Gasteiger partial charge < -0.3 is 28.6 Å². The zero-order valence-corrected chi connectivity index (χ0v) is 26.6. The number of rotatable bonds is 12. The number of hydrogen-bond donors (Lipinski definition) is 2. The molecule has 0 saturated carbocycles. The fourth-order valence-corrected chi connectivity index (χ4v) is 5.18. The Kier molecular flexibility index (Phi) is 12.3. The summed E-state index contributed by atoms with van der Waals surface area (Å²) in [4.78, 5) is 49.9. The van der Waals surface area contributed by atoms with Crippen molar-refractivity contribution in [2.75, 3.05) is 19.8 Å². The molecule has 12 nitrogen and oxygen atoms in total. The zero-order valence-electron chi connectivity index (χ0n) is 26.6. The second kappa shape index (κ2) is 16.8. The molecule has 3 aromatic carbocycles. The summed E-state index contributed by atoms with van der Waals surface area (Å²) in [5.74, 6) is -0.213. The summed E-state index contributed by atoms with van der Waals surface area (Å²) in [5.41, 5.74) is 3.22. The number of alkyl carbamates (subject to hydrolysis) is 1. The maximum absolute atomic E-state index is 12.4. The predicted molar refractivity (Wildman–Crippen MR) is 172 cm³/mol. The van der Waals surface area contributed by atoms with Gasteiger partial charge in [0.25, 0.3) is 0 Å². The molecule has 1 unspecified atom stereocenters. The number of ether oxygens (including phenoxy) is 5. The molecule has 0 spiro atoms. The Hall–Kier alpha value is -5.39. The summed E-state index contributed by atoms with van der Waals surface area (Å²) in [6.45, 7) is 5.46. The summed E-state index contributed by atoms with van der Waals surface area (Å²) in [6, 6.07) is 23.8. The van der Waals surface area contributed by atoms with Gasteiger partial charge in [0.2, 0.25) is 12.2 Å². The highest BCUT2D eigenvalue weighted by atomic mass is 16.8. The lowest BCUT2D eigenvalue weighted by Crippen LogP contribution is -2.37. The lowest BCUT2D eigenvalue weighted by atomic mass is 10.0. The Labute approximate surface area is 273 Å². The highest BCUT2D eigenvalue weighted by molar-refractivity contribution is 6.04. The molecule has 1 aliphatic heterocycles. The van der Waals surface area contributed by atoms with E-state index in [0.29, 0.717) is 24.3 Å². The van der Waals surface area contributed by atoms with E-state index in [1.54, 1.807) is 24.0 Å². The van der Waals surface area contributed by atoms with Crippen LogP contribution in [-0.2, 0) is 35.1 Å². The monoisotopic (exact) mass is 645 g/mol. The number of amidine groups is 1. The normalized spacial score (nSPS) is 16.0. The maximum Gasteiger partial charge on any atom is 0.511 e. The van der Waals surface area contributed by atoms with E-state index >= 15 is 0 Å². The molecule has 2 amide bonds. The molecule has 3 atom stereocenters. The second-order valence-corrected chi connectivity index (χ2v) is 11.0. The van der Waals surface area contributed by atoms with Crippen LogP contribution in [0.4, 0.5) is 9.59 Å². The van der Waals surface area contributed by atoms with Gasteiger partial charge in [-0.2, -0.15) is 0 Å². The van der Waals surface area contributed by atoms with Crippen LogP contribution in [0.15, 0.2) is 78.9 Å². The Balaban J connectivity index is 1.24. The minimum absolute atomic E-state index is 0.0676. The first kappa shape index (κ1) is 34.5. The lowest BCUT2D eigenvalue weighted by Gasteiger charge is -2.23. The molecule has 3 aromatic rings. The largest absolute Gasteiger partial charge is 0.511 e. The van der Waals surface area contributed by atoms with Gasteiger partial charge in [0.1, 0.15) is 24.8 Å². The van der Waals surface area contributed by atoms with Crippen molar-refractivity contribution in [2.45, 2.75) is 52.6 Å². The van der Waals surface area contributed by atoms with Gasteiger partial charge in [0.15, 0.2) is 0 Å². The highest BCUT2D eigenvalue weighted by Crippen LogP contribution is 2.28. The van der Waals surface area contributed by atoms with Gasteiger partial charge in [0.05, 0.1) is 19.1 Å². The van der Waals surface area contributed by atoms with E-state index in [1.165, 1.54) is 13.8 Å². The molecule has 1 heterocycles. The third kappa shape index (κ3) is 10.6. The average molecular weight is 646 g/mol. The van der Waals surface area contributed by atoms with Crippen molar-refractivity contribution in [3.63, 3.8) is 0 Å². The first-order valence-electron chi connectivity index (χ1n) is 15.3. The number of nitrogens with one attached hydrogen (secondary N) is 2. The Morgan fingerprint density at radius 1 is 0.915 bits per heavy atom. The Morgan fingerprint density at radius 3 is 2.21 bits per heavy atom. The Morgan fingerprint density at radius 2 is 1.57 bits per heavy atom. The number of amides is 2. The van der Waals surface area contributed by atoms with Crippen molar-refractivity contribution in [1.82, 2.24) is 10.2 Å². The lowest BCUT2D eigenvalue weighted by molar-refractivity contribution is -0.169. The predicted octanol–water partition coefficient (Wildman–Crippen LogP) is 5.67. The highest BCUT2D eigenvalue weighted by Gasteiger charge is 2.36. The van der Waals surface area contributed by atoms with Crippen molar-refractivity contribution in [3.05, 3.63) is 90.0 Å². The molecule has 1 aliphatic rings. The molecular formula is C35H39N3O9. The first-order valence-corrected chi connectivity index (χ1v) is 15.3. The zero-order chi connectivity index (χ0) is 33.8. The fourth-order valence-electron chi connectivity index (χ4n) is 5.18. The summed E-state index contributed by atoms with van der Waals surface area (Å²) in [5, 5.41) is 10.7. The standard InChI is InChI=1S/C35H39N3O9/c1-4-43-35(42)47-24(3)46-32(40)19-26-18-30(38(20-26)23(2)39)22-44-31-16-14-28(15-17-31)27-10-12-29(13-11-27)33(36)37-34(41)45-21-25-8-6-5-7-9-25/h5-17,24,26,30H,4,18-22H2,1-3H3,(H2,36,37,41)/t24?,26-,30-/m0/s1. The van der Waals surface area contributed by atoms with Crippen molar-refractivity contribution in [1.29, 1.82) is 5.41 Å². The van der Waals surface area contributed by atoms with Gasteiger partial charge in [-0.25, -0.2) is 9.59 Å². The number of hydrogen-bond acceptors (Lipinski definition) is 10. The van der Waals surface area contributed by atoms with Crippen LogP contribution in [-0.4, -0.2) is 67.0 Å². The van der Waals surface area contributed by atoms with E-state index < -0.39 is 24.5 Å². The van der Waals surface area contributed by atoms with Crippen molar-refractivity contribution in [3.8, 4) is 16.9 Å². The van der Waals surface area contributed by atoms with E-state index in [4.69, 9.17) is 24.4 Å². The molecule has 0 bridgehead atoms. The van der Waals surface area contributed by atoms with Crippen LogP contribution in [0.1, 0.15) is 44.7 Å². The molecule has 4 rings (SSSR count). The van der Waals surface area contributed by atoms with Gasteiger partial charge in [-0.15, -0.1) is 0 Å². The van der Waals surface area contributed by atoms with Crippen LogP contribution < -0.4 is 10.1 Å². The summed E-state index contributed by atoms with van der Waals surface area (Å²) >= 11 is 0. The quantitative estimate of drug-likeness (QED) is 0.0833. The third-order valence-electron chi connectivity index (χ3n) is 7.43. The van der Waals surface area contributed by atoms with Crippen LogP contribution in [0, 0.1) is 11.3 Å². The van der Waals surface area contributed by atoms with Crippen molar-refractivity contribution in [2.24, 2.45) is 5.92 Å². The molecule has 0 aliphatic carbocycles. The second-order valence-electron chi connectivity index (χ2n) is 11.0. The molecular weight excluding hydrogens is 606 g/mol. The summed E-state index contributed by atoms with van der Waals surface area (Å²) < 4.78 is 25.9. The molecule has 1 fully saturated rings. The van der Waals surface area contributed by atoms with E-state index in [0.717, 1.165) is 16.7 Å². The van der Waals surface area contributed by atoms with Crippen molar-refractivity contribution < 1.29 is 42.9 Å². The van der Waals surface area contributed by atoms with Gasteiger partial charge >= 0.3 is 18.2 Å². The summed E-state index contributed by atoms with van der Waals surface area (Å²) in [6.07, 6.45) is -2.07. The van der Waals surface area contributed by atoms with Crippen LogP contribution in [0.2, 0.25) is 0 Å². The fraction of sp³-hybridized carbons (Fsp3) is 0.343. The topological polar surface area (TPSA) is 154 Å². The minimum Gasteiger partial charge on any atom is -0.491 e. The van der Waals surface area contributed by atoms with Gasteiger partial charge in [0, 0.05) is 26.0 Å². The number of carbonyl (C=O) groups is 4. The van der Waals surface area contributed by atoms with E-state index in [9.17, 15) is 19.2 Å². The molecule has 47 heavy (non-hydrogen) atoms. The van der Waals surface area contributed by atoms with Gasteiger partial charge in [-0.05, 0) is 48.1 Å². The molecule has 0 radical (unpaired) electrons. The SMILES string of the molecule is CCOC(=O)OC(C)OC(=O)C[C@@H]1C[C@@H](COc2ccc(-c3ccc(C(=N)NC(=O)OCc4ccccc4)cc3)cc2)N(C(C)=O)C1. The number of carbonyl (C=O) groups excluding carboxylic acids is 4. The average Bonchev–Trinajstić information content (AvgIpc) is 3.46. The third-order valence-corrected chi connectivity index (χ3v) is 7.43. The molecule has 1 saturated heterocycles. The number of likely N-dealkylation sites (tertiary alicyclic amines) is 1. The van der Waals surface area contributed by atoms with Crippen LogP contribution in [0.3, 0.4) is 0 Å². The van der Waals surface area contributed by atoms with Gasteiger partial charge in [-0.1, -0.05) is 66.7 Å². The number of benzene rings is 3.